The fourth-order valence-corrected chi connectivity index (χ4v) is 2.26. The van der Waals surface area contributed by atoms with Crippen LogP contribution in [0.3, 0.4) is 0 Å². The van der Waals surface area contributed by atoms with Crippen molar-refractivity contribution in [2.24, 2.45) is 11.0 Å². The van der Waals surface area contributed by atoms with E-state index >= 15 is 0 Å². The number of pyridine rings is 1. The summed E-state index contributed by atoms with van der Waals surface area (Å²) in [5, 5.41) is 3.97. The predicted molar refractivity (Wildman–Crippen MR) is 77.3 cm³/mol. The third-order valence-corrected chi connectivity index (χ3v) is 3.43. The Labute approximate surface area is 117 Å². The number of hydrazone groups is 1. The van der Waals surface area contributed by atoms with Gasteiger partial charge in [0.15, 0.2) is 0 Å². The zero-order chi connectivity index (χ0) is 13.8. The summed E-state index contributed by atoms with van der Waals surface area (Å²) in [6, 6.07) is 13.8. The minimum atomic E-state index is -0.0148. The molecular formula is C16H15N3O. The van der Waals surface area contributed by atoms with Crippen molar-refractivity contribution in [1.29, 1.82) is 0 Å². The summed E-state index contributed by atoms with van der Waals surface area (Å²) < 4.78 is 0. The average Bonchev–Trinajstić information content (AvgIpc) is 3.30. The van der Waals surface area contributed by atoms with Crippen molar-refractivity contribution in [3.8, 4) is 0 Å². The fourth-order valence-electron chi connectivity index (χ4n) is 2.26. The van der Waals surface area contributed by atoms with E-state index in [0.717, 1.165) is 12.0 Å². The summed E-state index contributed by atoms with van der Waals surface area (Å²) in [6.45, 7) is 0. The summed E-state index contributed by atoms with van der Waals surface area (Å²) in [4.78, 5) is 15.9. The van der Waals surface area contributed by atoms with Crippen molar-refractivity contribution in [3.63, 3.8) is 0 Å². The van der Waals surface area contributed by atoms with Crippen LogP contribution in [0.5, 0.6) is 0 Å². The van der Waals surface area contributed by atoms with Crippen LogP contribution in [0.1, 0.15) is 23.5 Å². The number of hydrogen-bond donors (Lipinski definition) is 1. The van der Waals surface area contributed by atoms with Crippen molar-refractivity contribution in [3.05, 3.63) is 66.0 Å². The number of carbonyl (C=O) groups excluding carboxylic acids is 1. The Hall–Kier alpha value is -2.49. The second kappa shape index (κ2) is 5.65. The number of aromatic nitrogens is 1. The number of amides is 1. The molecule has 1 aliphatic carbocycles. The molecule has 1 amide bonds. The minimum Gasteiger partial charge on any atom is -0.273 e. The first kappa shape index (κ1) is 12.5. The van der Waals surface area contributed by atoms with E-state index in [9.17, 15) is 4.79 Å². The molecule has 1 saturated carbocycles. The lowest BCUT2D eigenvalue weighted by atomic mass is 10.1. The van der Waals surface area contributed by atoms with Crippen molar-refractivity contribution >= 4 is 12.1 Å². The monoisotopic (exact) mass is 265 g/mol. The van der Waals surface area contributed by atoms with Crippen molar-refractivity contribution in [2.75, 3.05) is 0 Å². The maximum absolute atomic E-state index is 11.9. The Kier molecular flexibility index (Phi) is 3.54. The molecule has 1 aliphatic rings. The van der Waals surface area contributed by atoms with E-state index in [1.54, 1.807) is 18.6 Å². The van der Waals surface area contributed by atoms with E-state index in [-0.39, 0.29) is 11.8 Å². The zero-order valence-corrected chi connectivity index (χ0v) is 10.9. The van der Waals surface area contributed by atoms with Gasteiger partial charge in [0.2, 0.25) is 5.91 Å². The number of nitrogens with zero attached hydrogens (tertiary/aromatic N) is 2. The molecule has 2 atom stereocenters. The molecule has 0 saturated heterocycles. The van der Waals surface area contributed by atoms with Crippen LogP contribution in [-0.4, -0.2) is 17.1 Å². The third kappa shape index (κ3) is 2.91. The molecule has 1 fully saturated rings. The Balaban J connectivity index is 1.53. The fraction of sp³-hybridized carbons (Fsp3) is 0.188. The van der Waals surface area contributed by atoms with Crippen LogP contribution in [0.2, 0.25) is 0 Å². The van der Waals surface area contributed by atoms with Gasteiger partial charge in [-0.15, -0.1) is 0 Å². The van der Waals surface area contributed by atoms with Gasteiger partial charge in [-0.2, -0.15) is 5.10 Å². The topological polar surface area (TPSA) is 54.4 Å². The number of benzene rings is 1. The van der Waals surface area contributed by atoms with Crippen LogP contribution in [0, 0.1) is 5.92 Å². The smallest absolute Gasteiger partial charge is 0.243 e. The first-order chi connectivity index (χ1) is 9.84. The van der Waals surface area contributed by atoms with Gasteiger partial charge in [0, 0.05) is 23.9 Å². The standard InChI is InChI=1S/C16H15N3O/c20-16(19-18-11-12-5-4-8-17-10-12)15-9-14(15)13-6-2-1-3-7-13/h1-8,10-11,14-15H,9H2,(H,19,20)/t14-,15-/m1/s1. The Morgan fingerprint density at radius 3 is 2.85 bits per heavy atom. The highest BCUT2D eigenvalue weighted by atomic mass is 16.2. The van der Waals surface area contributed by atoms with Gasteiger partial charge >= 0.3 is 0 Å². The number of carbonyl (C=O) groups is 1. The van der Waals surface area contributed by atoms with Crippen LogP contribution in [0.4, 0.5) is 0 Å². The SMILES string of the molecule is O=C(NN=Cc1cccnc1)[C@@H]1C[C@@H]1c1ccccc1. The number of nitrogens with one attached hydrogen (secondary N) is 1. The number of hydrogen-bond acceptors (Lipinski definition) is 3. The van der Waals surface area contributed by atoms with E-state index in [4.69, 9.17) is 0 Å². The lowest BCUT2D eigenvalue weighted by molar-refractivity contribution is -0.122. The van der Waals surface area contributed by atoms with E-state index in [2.05, 4.69) is 27.6 Å². The highest BCUT2D eigenvalue weighted by Gasteiger charge is 2.43. The summed E-state index contributed by atoms with van der Waals surface area (Å²) in [5.41, 5.74) is 4.69. The van der Waals surface area contributed by atoms with E-state index < -0.39 is 0 Å². The largest absolute Gasteiger partial charge is 0.273 e. The summed E-state index contributed by atoms with van der Waals surface area (Å²) in [7, 11) is 0. The van der Waals surface area contributed by atoms with Crippen molar-refractivity contribution in [2.45, 2.75) is 12.3 Å². The van der Waals surface area contributed by atoms with Gasteiger partial charge in [0.25, 0.3) is 0 Å². The Morgan fingerprint density at radius 2 is 2.10 bits per heavy atom. The lowest BCUT2D eigenvalue weighted by Gasteiger charge is -1.99. The van der Waals surface area contributed by atoms with Crippen LogP contribution in [0.25, 0.3) is 0 Å². The highest BCUT2D eigenvalue weighted by Crippen LogP contribution is 2.47. The van der Waals surface area contributed by atoms with Gasteiger partial charge < -0.3 is 0 Å². The van der Waals surface area contributed by atoms with Crippen molar-refractivity contribution in [1.82, 2.24) is 10.4 Å². The average molecular weight is 265 g/mol. The minimum absolute atomic E-state index is 0.0148. The second-order valence-electron chi connectivity index (χ2n) is 4.88. The second-order valence-corrected chi connectivity index (χ2v) is 4.88. The van der Waals surface area contributed by atoms with Gasteiger partial charge in [-0.1, -0.05) is 36.4 Å². The van der Waals surface area contributed by atoms with E-state index in [1.807, 2.05) is 30.3 Å². The van der Waals surface area contributed by atoms with Gasteiger partial charge in [-0.25, -0.2) is 5.43 Å². The Morgan fingerprint density at radius 1 is 1.25 bits per heavy atom. The normalized spacial score (nSPS) is 20.8. The van der Waals surface area contributed by atoms with Gasteiger partial charge in [-0.3, -0.25) is 9.78 Å². The number of rotatable bonds is 4. The molecule has 3 rings (SSSR count). The summed E-state index contributed by atoms with van der Waals surface area (Å²) in [6.07, 6.45) is 5.90. The molecule has 0 aliphatic heterocycles. The van der Waals surface area contributed by atoms with E-state index in [0.29, 0.717) is 5.92 Å². The molecule has 4 heteroatoms. The first-order valence-corrected chi connectivity index (χ1v) is 6.62. The molecule has 100 valence electrons. The lowest BCUT2D eigenvalue weighted by Crippen LogP contribution is -2.20. The van der Waals surface area contributed by atoms with Gasteiger partial charge in [-0.05, 0) is 24.0 Å². The molecule has 20 heavy (non-hydrogen) atoms. The summed E-state index contributed by atoms with van der Waals surface area (Å²) >= 11 is 0. The van der Waals surface area contributed by atoms with Crippen LogP contribution in [-0.2, 0) is 4.79 Å². The molecule has 4 nitrogen and oxygen atoms in total. The van der Waals surface area contributed by atoms with Crippen LogP contribution in [0.15, 0.2) is 60.0 Å². The first-order valence-electron chi connectivity index (χ1n) is 6.62. The third-order valence-electron chi connectivity index (χ3n) is 3.43. The quantitative estimate of drug-likeness (QED) is 0.681. The van der Waals surface area contributed by atoms with E-state index in [1.165, 1.54) is 5.56 Å². The molecule has 2 aromatic rings. The van der Waals surface area contributed by atoms with Gasteiger partial charge in [0.1, 0.15) is 0 Å². The summed E-state index contributed by atoms with van der Waals surface area (Å²) in [5.74, 6) is 0.368. The molecule has 0 spiro atoms. The maximum atomic E-state index is 11.9. The molecule has 1 heterocycles. The zero-order valence-electron chi connectivity index (χ0n) is 10.9. The van der Waals surface area contributed by atoms with Gasteiger partial charge in [0.05, 0.1) is 6.21 Å². The maximum Gasteiger partial charge on any atom is 0.243 e. The molecule has 0 radical (unpaired) electrons. The Bertz CT molecular complexity index is 610. The molecule has 1 aromatic heterocycles. The van der Waals surface area contributed by atoms with Crippen molar-refractivity contribution < 1.29 is 4.79 Å². The molecular weight excluding hydrogens is 250 g/mol. The highest BCUT2D eigenvalue weighted by molar-refractivity contribution is 5.85. The van der Waals surface area contributed by atoms with Crippen LogP contribution < -0.4 is 5.43 Å². The molecule has 0 bridgehead atoms. The molecule has 1 N–H and O–H groups in total. The molecule has 1 aromatic carbocycles. The predicted octanol–water partition coefficient (Wildman–Crippen LogP) is 2.34. The van der Waals surface area contributed by atoms with Crippen LogP contribution >= 0.6 is 0 Å². The molecule has 0 unspecified atom stereocenters.